The molecular formula is C8H11Os. The maximum absolute atomic E-state index is 2.26. The molecule has 0 aliphatic heterocycles. The third-order valence-electron chi connectivity index (χ3n) is 1.52. The Balaban J connectivity index is 2.77. The summed E-state index contributed by atoms with van der Waals surface area (Å²) in [4.78, 5) is 0. The zero-order valence-corrected chi connectivity index (χ0v) is 8.33. The van der Waals surface area contributed by atoms with Gasteiger partial charge in [0.15, 0.2) is 0 Å². The van der Waals surface area contributed by atoms with E-state index >= 15 is 0 Å². The van der Waals surface area contributed by atoms with Crippen LogP contribution in [-0.4, -0.2) is 0 Å². The van der Waals surface area contributed by atoms with Crippen molar-refractivity contribution in [2.24, 2.45) is 5.92 Å². The van der Waals surface area contributed by atoms with Gasteiger partial charge in [0.25, 0.3) is 0 Å². The van der Waals surface area contributed by atoms with Crippen LogP contribution in [0.3, 0.4) is 0 Å². The molecule has 0 saturated carbocycles. The van der Waals surface area contributed by atoms with Crippen LogP contribution in [0, 0.1) is 5.92 Å². The molecule has 0 saturated heterocycles. The summed E-state index contributed by atoms with van der Waals surface area (Å²) in [6, 6.07) is 0. The van der Waals surface area contributed by atoms with E-state index in [1.807, 2.05) is 18.6 Å². The zero-order chi connectivity index (χ0) is 6.85. The van der Waals surface area contributed by atoms with Crippen LogP contribution < -0.4 is 0 Å². The first kappa shape index (κ1) is 7.23. The van der Waals surface area contributed by atoms with Crippen molar-refractivity contribution in [3.8, 4) is 0 Å². The van der Waals surface area contributed by atoms with Gasteiger partial charge in [-0.3, -0.25) is 0 Å². The van der Waals surface area contributed by atoms with Crippen molar-refractivity contribution in [3.05, 3.63) is 21.9 Å². The molecular weight excluding hydrogens is 286 g/mol. The van der Waals surface area contributed by atoms with Crippen LogP contribution in [0.2, 0.25) is 0 Å². The van der Waals surface area contributed by atoms with Crippen molar-refractivity contribution < 1.29 is 18.6 Å². The monoisotopic (exact) mass is 299 g/mol. The second kappa shape index (κ2) is 2.80. The molecule has 1 heteroatoms. The third kappa shape index (κ3) is 1.52. The Labute approximate surface area is 66.9 Å². The van der Waals surface area contributed by atoms with Crippen LogP contribution in [0.1, 0.15) is 20.3 Å². The van der Waals surface area contributed by atoms with E-state index in [0.29, 0.717) is 0 Å². The molecule has 0 heterocycles. The van der Waals surface area contributed by atoms with E-state index in [1.54, 1.807) is 9.70 Å². The molecule has 0 radical (unpaired) electrons. The summed E-state index contributed by atoms with van der Waals surface area (Å²) in [7, 11) is 0. The Kier molecular flexibility index (Phi) is 2.25. The van der Waals surface area contributed by atoms with Gasteiger partial charge >= 0.3 is 66.6 Å². The third-order valence-corrected chi connectivity index (χ3v) is 2.77. The van der Waals surface area contributed by atoms with E-state index in [1.165, 1.54) is 6.42 Å². The van der Waals surface area contributed by atoms with Crippen molar-refractivity contribution >= 4 is 0 Å². The van der Waals surface area contributed by atoms with Crippen molar-refractivity contribution in [1.29, 1.82) is 0 Å². The topological polar surface area (TPSA) is 0 Å². The molecule has 0 N–H and O–H groups in total. The molecule has 0 aromatic carbocycles. The molecule has 51 valence electrons. The van der Waals surface area contributed by atoms with Gasteiger partial charge < -0.3 is 0 Å². The summed E-state index contributed by atoms with van der Waals surface area (Å²) < 4.78 is 1.57. The molecule has 0 fully saturated rings. The summed E-state index contributed by atoms with van der Waals surface area (Å²) in [6.45, 7) is 4.50. The van der Waals surface area contributed by atoms with Crippen LogP contribution in [0.5, 0.6) is 0 Å². The first-order valence-electron chi connectivity index (χ1n) is 3.25. The Morgan fingerprint density at radius 3 is 2.44 bits per heavy atom. The standard InChI is InChI=1S/C8H11.Os/c1-7(2)8-5-3-4-6-8;/h3,5,7H,4H2,1-2H3;. The van der Waals surface area contributed by atoms with Gasteiger partial charge in [0, 0.05) is 0 Å². The molecule has 0 aromatic heterocycles. The van der Waals surface area contributed by atoms with Crippen molar-refractivity contribution in [2.75, 3.05) is 0 Å². The van der Waals surface area contributed by atoms with Gasteiger partial charge in [-0.15, -0.1) is 0 Å². The number of hydrogen-bond acceptors (Lipinski definition) is 0. The summed E-state index contributed by atoms with van der Waals surface area (Å²) in [5.74, 6) is 0.719. The van der Waals surface area contributed by atoms with Crippen molar-refractivity contribution in [2.45, 2.75) is 20.3 Å². The van der Waals surface area contributed by atoms with Gasteiger partial charge in [-0.25, -0.2) is 0 Å². The Morgan fingerprint density at radius 2 is 2.22 bits per heavy atom. The van der Waals surface area contributed by atoms with Gasteiger partial charge in [0.2, 0.25) is 0 Å². The van der Waals surface area contributed by atoms with Crippen LogP contribution >= 0.6 is 0 Å². The minimum atomic E-state index is 0.719. The van der Waals surface area contributed by atoms with Gasteiger partial charge in [0.05, 0.1) is 0 Å². The molecule has 0 nitrogen and oxygen atoms in total. The van der Waals surface area contributed by atoms with E-state index in [0.717, 1.165) is 5.92 Å². The van der Waals surface area contributed by atoms with Gasteiger partial charge in [-0.05, 0) is 0 Å². The van der Waals surface area contributed by atoms with Crippen LogP contribution in [0.4, 0.5) is 0 Å². The van der Waals surface area contributed by atoms with Crippen LogP contribution in [0.25, 0.3) is 0 Å². The second-order valence-electron chi connectivity index (χ2n) is 2.61. The van der Waals surface area contributed by atoms with E-state index in [-0.39, 0.29) is 0 Å². The van der Waals surface area contributed by atoms with E-state index in [4.69, 9.17) is 0 Å². The molecule has 1 rings (SSSR count). The SMILES string of the molecule is CC(C)C1=[C]([Os])CC=C1. The number of allylic oxidation sites excluding steroid dienone is 4. The normalized spacial score (nSPS) is 18.2. The fourth-order valence-electron chi connectivity index (χ4n) is 0.991. The van der Waals surface area contributed by atoms with Gasteiger partial charge in [-0.1, -0.05) is 0 Å². The Morgan fingerprint density at radius 1 is 1.56 bits per heavy atom. The average molecular weight is 297 g/mol. The number of rotatable bonds is 1. The summed E-state index contributed by atoms with van der Waals surface area (Å²) in [5.41, 5.74) is 1.55. The molecule has 1 aliphatic rings. The van der Waals surface area contributed by atoms with Crippen molar-refractivity contribution in [3.63, 3.8) is 0 Å². The van der Waals surface area contributed by atoms with E-state index in [2.05, 4.69) is 26.0 Å². The molecule has 0 spiro atoms. The predicted octanol–water partition coefficient (Wildman–Crippen LogP) is 2.40. The quantitative estimate of drug-likeness (QED) is 0.697. The zero-order valence-electron chi connectivity index (χ0n) is 5.79. The molecule has 1 aliphatic carbocycles. The predicted molar refractivity (Wildman–Crippen MR) is 35.6 cm³/mol. The fourth-order valence-corrected chi connectivity index (χ4v) is 2.24. The summed E-state index contributed by atoms with van der Waals surface area (Å²) in [6.07, 6.45) is 5.69. The Bertz CT molecular complexity index is 163. The van der Waals surface area contributed by atoms with Crippen LogP contribution in [-0.2, 0) is 18.6 Å². The molecule has 9 heavy (non-hydrogen) atoms. The first-order chi connectivity index (χ1) is 4.22. The van der Waals surface area contributed by atoms with Gasteiger partial charge in [-0.2, -0.15) is 0 Å². The number of hydrogen-bond donors (Lipinski definition) is 0. The fraction of sp³-hybridized carbons (Fsp3) is 0.500. The summed E-state index contributed by atoms with van der Waals surface area (Å²) >= 11 is 2.02. The van der Waals surface area contributed by atoms with Gasteiger partial charge in [0.1, 0.15) is 0 Å². The molecule has 0 atom stereocenters. The molecule has 0 amide bonds. The van der Waals surface area contributed by atoms with E-state index in [9.17, 15) is 0 Å². The summed E-state index contributed by atoms with van der Waals surface area (Å²) in [5, 5.41) is 0. The Hall–Kier alpha value is 0.116. The average Bonchev–Trinajstić information content (AvgIpc) is 2.13. The molecule has 0 aromatic rings. The first-order valence-corrected chi connectivity index (χ1v) is 4.52. The molecule has 0 unspecified atom stereocenters. The van der Waals surface area contributed by atoms with Crippen LogP contribution in [0.15, 0.2) is 21.9 Å². The van der Waals surface area contributed by atoms with E-state index < -0.39 is 0 Å². The van der Waals surface area contributed by atoms with Crippen molar-refractivity contribution in [1.82, 2.24) is 0 Å². The minimum absolute atomic E-state index is 0.719. The second-order valence-corrected chi connectivity index (χ2v) is 4.14. The maximum atomic E-state index is 2.26. The molecule has 0 bridgehead atoms.